The fourth-order valence-electron chi connectivity index (χ4n) is 1.33. The lowest BCUT2D eigenvalue weighted by atomic mass is 10.2. The number of alkyl halides is 3. The Morgan fingerprint density at radius 2 is 2.05 bits per heavy atom. The minimum atomic E-state index is -4.54. The number of amides is 1. The van der Waals surface area contributed by atoms with Crippen LogP contribution in [0.3, 0.4) is 0 Å². The van der Waals surface area contributed by atoms with E-state index >= 15 is 0 Å². The summed E-state index contributed by atoms with van der Waals surface area (Å²) in [5.41, 5.74) is -0.751. The van der Waals surface area contributed by atoms with Gasteiger partial charge in [0.1, 0.15) is 5.69 Å². The molecule has 0 N–H and O–H groups in total. The molecule has 1 amide bonds. The maximum Gasteiger partial charge on any atom is 0.441 e. The quantitative estimate of drug-likeness (QED) is 0.842. The number of carbonyl (C=O) groups is 1. The van der Waals surface area contributed by atoms with Crippen LogP contribution in [0.15, 0.2) is 22.7 Å². The zero-order valence-corrected chi connectivity index (χ0v) is 11.8. The molecular weight excluding hydrogens is 297 g/mol. The second-order valence-electron chi connectivity index (χ2n) is 4.04. The highest BCUT2D eigenvalue weighted by atomic mass is 32.2. The molecule has 0 spiro atoms. The molecule has 0 aliphatic heterocycles. The first-order valence-electron chi connectivity index (χ1n) is 5.40. The molecule has 2 unspecified atom stereocenters. The molecule has 1 rings (SSSR count). The first-order valence-corrected chi connectivity index (χ1v) is 7.38. The minimum Gasteiger partial charge on any atom is -0.451 e. The van der Waals surface area contributed by atoms with Crippen LogP contribution in [0.4, 0.5) is 18.0 Å². The maximum absolute atomic E-state index is 12.4. The number of aromatic nitrogens is 1. The van der Waals surface area contributed by atoms with E-state index in [0.29, 0.717) is 0 Å². The molecule has 20 heavy (non-hydrogen) atoms. The lowest BCUT2D eigenvalue weighted by molar-refractivity contribution is -0.141. The third kappa shape index (κ3) is 3.92. The lowest BCUT2D eigenvalue weighted by Crippen LogP contribution is -2.13. The first kappa shape index (κ1) is 16.4. The zero-order valence-electron chi connectivity index (χ0n) is 11.0. The predicted octanol–water partition coefficient (Wildman–Crippen LogP) is 3.03. The van der Waals surface area contributed by atoms with Crippen LogP contribution in [0.1, 0.15) is 23.4 Å². The van der Waals surface area contributed by atoms with Crippen LogP contribution in [0.5, 0.6) is 0 Å². The molecule has 0 aromatic carbocycles. The molecule has 0 saturated carbocycles. The predicted molar refractivity (Wildman–Crippen MR) is 66.6 cm³/mol. The lowest BCUT2D eigenvalue weighted by Gasteiger charge is -2.14. The highest BCUT2D eigenvalue weighted by molar-refractivity contribution is 7.93. The van der Waals surface area contributed by atoms with Crippen LogP contribution in [0, 0.1) is 0 Å². The van der Waals surface area contributed by atoms with E-state index in [4.69, 9.17) is 0 Å². The maximum atomic E-state index is 12.4. The summed E-state index contributed by atoms with van der Waals surface area (Å²) in [6.45, 7) is 1.49. The van der Waals surface area contributed by atoms with Crippen molar-refractivity contribution in [1.29, 1.82) is 0 Å². The van der Waals surface area contributed by atoms with Crippen molar-refractivity contribution in [2.75, 3.05) is 13.4 Å². The number of methoxy groups -OCH3 is 1. The molecule has 2 atom stereocenters. The summed E-state index contributed by atoms with van der Waals surface area (Å²) in [6, 6.07) is 1.95. The van der Waals surface area contributed by atoms with E-state index < -0.39 is 32.9 Å². The molecule has 0 saturated heterocycles. The van der Waals surface area contributed by atoms with Gasteiger partial charge in [0.05, 0.1) is 22.1 Å². The van der Waals surface area contributed by atoms with E-state index in [0.717, 1.165) is 25.4 Å². The summed E-state index contributed by atoms with van der Waals surface area (Å²) in [5.74, 6) is 0. The van der Waals surface area contributed by atoms with Crippen LogP contribution in [0.25, 0.3) is 0 Å². The fourth-order valence-corrected chi connectivity index (χ4v) is 2.50. The van der Waals surface area contributed by atoms with Gasteiger partial charge in [-0.25, -0.2) is 9.00 Å². The summed E-state index contributed by atoms with van der Waals surface area (Å²) in [4.78, 5) is 14.3. The van der Waals surface area contributed by atoms with Gasteiger partial charge in [0.15, 0.2) is 0 Å². The van der Waals surface area contributed by atoms with Crippen LogP contribution in [-0.4, -0.2) is 28.7 Å². The van der Waals surface area contributed by atoms with Gasteiger partial charge in [-0.15, -0.1) is 4.36 Å². The number of nitrogens with zero attached hydrogens (tertiary/aromatic N) is 2. The summed E-state index contributed by atoms with van der Waals surface area (Å²) >= 11 is 0. The summed E-state index contributed by atoms with van der Waals surface area (Å²) in [5, 5.41) is -0.767. The SMILES string of the molecule is COC(=O)N=S(C)(=O)C(C)c1ccc(C(F)(F)F)nc1. The third-order valence-electron chi connectivity index (χ3n) is 2.63. The van der Waals surface area contributed by atoms with Crippen molar-refractivity contribution in [3.05, 3.63) is 29.6 Å². The Morgan fingerprint density at radius 1 is 1.45 bits per heavy atom. The summed E-state index contributed by atoms with van der Waals surface area (Å²) in [6.07, 6.45) is -3.33. The Labute approximate surface area is 114 Å². The second-order valence-corrected chi connectivity index (χ2v) is 6.65. The molecule has 0 fully saturated rings. The van der Waals surface area contributed by atoms with Crippen LogP contribution in [0.2, 0.25) is 0 Å². The van der Waals surface area contributed by atoms with Crippen LogP contribution >= 0.6 is 0 Å². The number of rotatable bonds is 2. The van der Waals surface area contributed by atoms with E-state index in [9.17, 15) is 22.2 Å². The number of halogens is 3. The highest BCUT2D eigenvalue weighted by Gasteiger charge is 2.32. The monoisotopic (exact) mass is 310 g/mol. The van der Waals surface area contributed by atoms with Crippen molar-refractivity contribution in [3.8, 4) is 0 Å². The molecule has 112 valence electrons. The van der Waals surface area contributed by atoms with Crippen molar-refractivity contribution in [1.82, 2.24) is 4.98 Å². The molecule has 9 heteroatoms. The minimum absolute atomic E-state index is 0.290. The molecule has 0 bridgehead atoms. The van der Waals surface area contributed by atoms with Crippen molar-refractivity contribution in [3.63, 3.8) is 0 Å². The molecule has 1 aromatic heterocycles. The van der Waals surface area contributed by atoms with Gasteiger partial charge in [-0.05, 0) is 18.6 Å². The number of carbonyl (C=O) groups excluding carboxylic acids is 1. The largest absolute Gasteiger partial charge is 0.451 e. The fraction of sp³-hybridized carbons (Fsp3) is 0.455. The zero-order chi connectivity index (χ0) is 15.6. The smallest absolute Gasteiger partial charge is 0.441 e. The van der Waals surface area contributed by atoms with E-state index in [1.807, 2.05) is 0 Å². The first-order chi connectivity index (χ1) is 9.08. The van der Waals surface area contributed by atoms with Gasteiger partial charge in [0, 0.05) is 12.5 Å². The third-order valence-corrected chi connectivity index (χ3v) is 4.73. The van der Waals surface area contributed by atoms with Gasteiger partial charge in [-0.1, -0.05) is 6.07 Å². The topological polar surface area (TPSA) is 68.6 Å². The molecule has 0 aliphatic carbocycles. The van der Waals surface area contributed by atoms with E-state index in [1.54, 1.807) is 0 Å². The number of hydrogen-bond acceptors (Lipinski definition) is 4. The Kier molecular flexibility index (Phi) is 4.74. The van der Waals surface area contributed by atoms with Gasteiger partial charge in [0.2, 0.25) is 0 Å². The van der Waals surface area contributed by atoms with Crippen LogP contribution < -0.4 is 0 Å². The summed E-state index contributed by atoms with van der Waals surface area (Å²) in [7, 11) is -1.90. The second kappa shape index (κ2) is 5.78. The molecule has 1 aromatic rings. The van der Waals surface area contributed by atoms with Crippen LogP contribution in [-0.2, 0) is 20.6 Å². The summed E-state index contributed by atoms with van der Waals surface area (Å²) < 4.78 is 57.0. The molecular formula is C11H13F3N2O3S. The average Bonchev–Trinajstić information content (AvgIpc) is 2.36. The van der Waals surface area contributed by atoms with Crippen molar-refractivity contribution in [2.45, 2.75) is 18.3 Å². The Morgan fingerprint density at radius 3 is 2.45 bits per heavy atom. The van der Waals surface area contributed by atoms with Gasteiger partial charge in [0.25, 0.3) is 0 Å². The Balaban J connectivity index is 3.10. The van der Waals surface area contributed by atoms with E-state index in [-0.39, 0.29) is 5.56 Å². The number of hydrogen-bond donors (Lipinski definition) is 0. The Bertz CT molecular complexity index is 604. The molecule has 0 radical (unpaired) electrons. The van der Waals surface area contributed by atoms with Gasteiger partial charge >= 0.3 is 12.3 Å². The highest BCUT2D eigenvalue weighted by Crippen LogP contribution is 2.29. The van der Waals surface area contributed by atoms with Gasteiger partial charge in [-0.2, -0.15) is 13.2 Å². The van der Waals surface area contributed by atoms with Gasteiger partial charge in [-0.3, -0.25) is 4.98 Å². The van der Waals surface area contributed by atoms with Crippen molar-refractivity contribution >= 4 is 15.8 Å². The number of pyridine rings is 1. The average molecular weight is 310 g/mol. The molecule has 5 nitrogen and oxygen atoms in total. The molecule has 1 heterocycles. The standard InChI is InChI=1S/C11H13F3N2O3S/c1-7(20(3,18)16-10(17)19-2)8-4-5-9(15-6-8)11(12,13)14/h4-7H,1-3H3. The van der Waals surface area contributed by atoms with E-state index in [1.165, 1.54) is 13.2 Å². The van der Waals surface area contributed by atoms with Crippen molar-refractivity contribution < 1.29 is 26.9 Å². The van der Waals surface area contributed by atoms with Gasteiger partial charge < -0.3 is 4.74 Å². The number of ether oxygens (including phenoxy) is 1. The Hall–Kier alpha value is -1.64. The van der Waals surface area contributed by atoms with Crippen molar-refractivity contribution in [2.24, 2.45) is 4.36 Å². The normalized spacial score (nSPS) is 16.1. The molecule has 0 aliphatic rings. The van der Waals surface area contributed by atoms with E-state index in [2.05, 4.69) is 14.1 Å².